The van der Waals surface area contributed by atoms with E-state index in [1.54, 1.807) is 0 Å². The summed E-state index contributed by atoms with van der Waals surface area (Å²) in [5.41, 5.74) is -0.641. The minimum absolute atomic E-state index is 0.257. The zero-order chi connectivity index (χ0) is 17.3. The number of rotatable bonds is 5. The monoisotopic (exact) mass is 396 g/mol. The molecule has 0 atom stereocenters. The molecule has 1 aromatic rings. The molecule has 0 unspecified atom stereocenters. The van der Waals surface area contributed by atoms with Gasteiger partial charge in [0.15, 0.2) is 8.32 Å². The van der Waals surface area contributed by atoms with Gasteiger partial charge in [-0.15, -0.1) is 0 Å². The molecule has 0 N–H and O–H groups in total. The van der Waals surface area contributed by atoms with Gasteiger partial charge in [-0.05, 0) is 36.3 Å². The van der Waals surface area contributed by atoms with Crippen molar-refractivity contribution in [2.45, 2.75) is 44.8 Å². The van der Waals surface area contributed by atoms with E-state index in [1.165, 1.54) is 6.07 Å². The molecule has 2 nitrogen and oxygen atoms in total. The zero-order valence-electron chi connectivity index (χ0n) is 13.3. The van der Waals surface area contributed by atoms with Gasteiger partial charge in [0.05, 0.1) is 5.56 Å². The largest absolute Gasteiger partial charge is 0.410 e. The van der Waals surface area contributed by atoms with Crippen molar-refractivity contribution in [3.63, 3.8) is 0 Å². The van der Waals surface area contributed by atoms with E-state index in [9.17, 15) is 18.0 Å². The van der Waals surface area contributed by atoms with E-state index in [2.05, 4.69) is 15.9 Å². The summed E-state index contributed by atoms with van der Waals surface area (Å²) < 4.78 is 47.6. The smallest absolute Gasteiger partial charge is 0.331 e. The summed E-state index contributed by atoms with van der Waals surface area (Å²) in [4.78, 5) is 11.9. The maximum atomic E-state index is 14.1. The number of benzene rings is 1. The summed E-state index contributed by atoms with van der Waals surface area (Å²) in [5, 5.41) is -0.257. The van der Waals surface area contributed by atoms with E-state index in [1.807, 2.05) is 33.9 Å². The minimum atomic E-state index is -3.77. The fraction of sp³-hybridized carbons (Fsp3) is 0.533. The average Bonchev–Trinajstić information content (AvgIpc) is 2.37. The van der Waals surface area contributed by atoms with Gasteiger partial charge in [-0.3, -0.25) is 4.79 Å². The van der Waals surface area contributed by atoms with Crippen LogP contribution in [0.25, 0.3) is 0 Å². The van der Waals surface area contributed by atoms with E-state index in [0.29, 0.717) is 4.47 Å². The Balaban J connectivity index is 2.95. The minimum Gasteiger partial charge on any atom is -0.410 e. The molecule has 0 fully saturated rings. The average molecular weight is 397 g/mol. The number of ketones is 1. The molecule has 22 heavy (non-hydrogen) atoms. The first-order valence-electron chi connectivity index (χ1n) is 6.79. The van der Waals surface area contributed by atoms with Gasteiger partial charge in [0.2, 0.25) is 5.78 Å². The fourth-order valence-corrected chi connectivity index (χ4v) is 2.76. The number of halogens is 4. The van der Waals surface area contributed by atoms with Crippen molar-refractivity contribution in [3.8, 4) is 0 Å². The third-order valence-electron chi connectivity index (χ3n) is 3.93. The number of carbonyl (C=O) groups is 1. The van der Waals surface area contributed by atoms with Gasteiger partial charge < -0.3 is 4.43 Å². The predicted molar refractivity (Wildman–Crippen MR) is 86.5 cm³/mol. The van der Waals surface area contributed by atoms with Crippen LogP contribution in [-0.2, 0) is 4.43 Å². The molecule has 7 heteroatoms. The van der Waals surface area contributed by atoms with Crippen molar-refractivity contribution in [3.05, 3.63) is 34.1 Å². The molecule has 0 saturated carbocycles. The van der Waals surface area contributed by atoms with E-state index in [4.69, 9.17) is 4.43 Å². The number of hydrogen-bond acceptors (Lipinski definition) is 2. The van der Waals surface area contributed by atoms with Crippen molar-refractivity contribution in [1.82, 2.24) is 0 Å². The summed E-state index contributed by atoms with van der Waals surface area (Å²) in [6.45, 7) is 8.32. The number of alkyl halides is 2. The number of Topliss-reactive ketones (excluding diaryl/α,β-unsaturated/α-hetero) is 1. The van der Waals surface area contributed by atoms with Crippen LogP contribution in [0.1, 0.15) is 31.1 Å². The molecule has 0 bridgehead atoms. The molecule has 0 aliphatic carbocycles. The molecule has 0 aromatic heterocycles. The summed E-state index contributed by atoms with van der Waals surface area (Å²) in [6, 6.07) is 3.37. The quantitative estimate of drug-likeness (QED) is 0.489. The highest BCUT2D eigenvalue weighted by Gasteiger charge is 2.45. The highest BCUT2D eigenvalue weighted by atomic mass is 79.9. The first-order chi connectivity index (χ1) is 9.78. The van der Waals surface area contributed by atoms with Crippen LogP contribution in [0.15, 0.2) is 22.7 Å². The van der Waals surface area contributed by atoms with Crippen LogP contribution in [0.5, 0.6) is 0 Å². The SMILES string of the molecule is CC(C)(C)[Si](C)(C)OCC(F)(F)C(=O)c1cc(Br)ccc1F. The lowest BCUT2D eigenvalue weighted by atomic mass is 10.1. The van der Waals surface area contributed by atoms with Crippen LogP contribution in [0.3, 0.4) is 0 Å². The predicted octanol–water partition coefficient (Wildman–Crippen LogP) is 5.43. The molecule has 0 aliphatic rings. The van der Waals surface area contributed by atoms with Gasteiger partial charge in [0, 0.05) is 4.47 Å². The Morgan fingerprint density at radius 1 is 1.27 bits per heavy atom. The standard InChI is InChI=1S/C15H20BrF3O2Si/c1-14(2,3)22(4,5)21-9-15(18,19)13(20)11-8-10(16)6-7-12(11)17/h6-8H,9H2,1-5H3. The van der Waals surface area contributed by atoms with Gasteiger partial charge in [0.25, 0.3) is 0 Å². The Morgan fingerprint density at radius 2 is 1.82 bits per heavy atom. The molecule has 0 heterocycles. The lowest BCUT2D eigenvalue weighted by Gasteiger charge is -2.37. The Bertz CT molecular complexity index is 568. The van der Waals surface area contributed by atoms with Crippen molar-refractivity contribution >= 4 is 30.0 Å². The second-order valence-corrected chi connectivity index (χ2v) is 12.4. The molecule has 124 valence electrons. The normalized spacial score (nSPS) is 13.3. The molecule has 0 radical (unpaired) electrons. The highest BCUT2D eigenvalue weighted by Crippen LogP contribution is 2.37. The third-order valence-corrected chi connectivity index (χ3v) is 8.90. The molecule has 1 aromatic carbocycles. The molecule has 0 aliphatic heterocycles. The van der Waals surface area contributed by atoms with Crippen LogP contribution in [0.4, 0.5) is 13.2 Å². The lowest BCUT2D eigenvalue weighted by Crippen LogP contribution is -2.46. The van der Waals surface area contributed by atoms with Gasteiger partial charge in [0.1, 0.15) is 12.4 Å². The fourth-order valence-electron chi connectivity index (χ4n) is 1.42. The summed E-state index contributed by atoms with van der Waals surface area (Å²) in [6.07, 6.45) is 0. The highest BCUT2D eigenvalue weighted by molar-refractivity contribution is 9.10. The van der Waals surface area contributed by atoms with E-state index < -0.39 is 38.0 Å². The van der Waals surface area contributed by atoms with E-state index >= 15 is 0 Å². The van der Waals surface area contributed by atoms with Gasteiger partial charge in [-0.1, -0.05) is 36.7 Å². The van der Waals surface area contributed by atoms with E-state index in [-0.39, 0.29) is 5.04 Å². The Labute approximate surface area is 138 Å². The third kappa shape index (κ3) is 4.42. The van der Waals surface area contributed by atoms with Crippen molar-refractivity contribution < 1.29 is 22.4 Å². The topological polar surface area (TPSA) is 26.3 Å². The maximum absolute atomic E-state index is 14.1. The van der Waals surface area contributed by atoms with Crippen LogP contribution >= 0.6 is 15.9 Å². The van der Waals surface area contributed by atoms with Gasteiger partial charge in [-0.2, -0.15) is 8.78 Å². The van der Waals surface area contributed by atoms with E-state index in [0.717, 1.165) is 12.1 Å². The van der Waals surface area contributed by atoms with Crippen molar-refractivity contribution in [2.24, 2.45) is 0 Å². The molecular formula is C15H20BrF3O2Si. The second kappa shape index (κ2) is 6.45. The van der Waals surface area contributed by atoms with Gasteiger partial charge >= 0.3 is 5.92 Å². The number of carbonyl (C=O) groups excluding carboxylic acids is 1. The van der Waals surface area contributed by atoms with Gasteiger partial charge in [-0.25, -0.2) is 4.39 Å². The maximum Gasteiger partial charge on any atom is 0.331 e. The molecular weight excluding hydrogens is 377 g/mol. The van der Waals surface area contributed by atoms with Crippen LogP contribution < -0.4 is 0 Å². The van der Waals surface area contributed by atoms with Crippen molar-refractivity contribution in [1.29, 1.82) is 0 Å². The van der Waals surface area contributed by atoms with Crippen LogP contribution in [-0.4, -0.2) is 26.6 Å². The first-order valence-corrected chi connectivity index (χ1v) is 10.5. The zero-order valence-corrected chi connectivity index (χ0v) is 15.9. The van der Waals surface area contributed by atoms with Crippen molar-refractivity contribution in [2.75, 3.05) is 6.61 Å². The Hall–Kier alpha value is -0.663. The Kier molecular flexibility index (Phi) is 5.68. The first kappa shape index (κ1) is 19.4. The second-order valence-electron chi connectivity index (χ2n) is 6.71. The summed E-state index contributed by atoms with van der Waals surface area (Å²) >= 11 is 3.04. The summed E-state index contributed by atoms with van der Waals surface area (Å²) in [7, 11) is -2.42. The number of hydrogen-bond donors (Lipinski definition) is 0. The molecule has 1 rings (SSSR count). The lowest BCUT2D eigenvalue weighted by molar-refractivity contribution is -0.0227. The van der Waals surface area contributed by atoms with Crippen LogP contribution in [0, 0.1) is 5.82 Å². The molecule has 0 spiro atoms. The van der Waals surface area contributed by atoms with Crippen LogP contribution in [0.2, 0.25) is 18.1 Å². The molecule has 0 saturated heterocycles. The molecule has 0 amide bonds. The Morgan fingerprint density at radius 3 is 2.32 bits per heavy atom. The summed E-state index contributed by atoms with van der Waals surface area (Å²) in [5.74, 6) is -6.30.